The van der Waals surface area contributed by atoms with Crippen LogP contribution < -0.4 is 0 Å². The van der Waals surface area contributed by atoms with E-state index in [0.717, 1.165) is 31.2 Å². The van der Waals surface area contributed by atoms with Gasteiger partial charge >= 0.3 is 0 Å². The Morgan fingerprint density at radius 2 is 2.00 bits per heavy atom. The minimum absolute atomic E-state index is 0.00168. The number of hydrogen-bond acceptors (Lipinski definition) is 3. The summed E-state index contributed by atoms with van der Waals surface area (Å²) in [5.41, 5.74) is 1.12. The Balaban J connectivity index is 2.19. The van der Waals surface area contributed by atoms with Crippen LogP contribution in [-0.2, 0) is 4.79 Å². The van der Waals surface area contributed by atoms with E-state index < -0.39 is 0 Å². The van der Waals surface area contributed by atoms with Crippen molar-refractivity contribution in [2.75, 3.05) is 0 Å². The third-order valence-corrected chi connectivity index (χ3v) is 3.13. The van der Waals surface area contributed by atoms with Crippen LogP contribution in [0.4, 0.5) is 0 Å². The lowest BCUT2D eigenvalue weighted by Crippen LogP contribution is -2.12. The standard InChI is InChI=1S/C14H14N2O/c15-10-13(9-11-5-7-16-8-6-11)14(17)12-3-1-2-4-12/h5-9,12H,1-4H2/b13-9+. The molecule has 0 amide bonds. The van der Waals surface area contributed by atoms with Crippen LogP contribution in [0.25, 0.3) is 6.08 Å². The summed E-state index contributed by atoms with van der Waals surface area (Å²) in [4.78, 5) is 16.0. The van der Waals surface area contributed by atoms with E-state index in [9.17, 15) is 4.79 Å². The van der Waals surface area contributed by atoms with Crippen LogP contribution in [-0.4, -0.2) is 10.8 Å². The molecule has 3 nitrogen and oxygen atoms in total. The van der Waals surface area contributed by atoms with Gasteiger partial charge in [-0.05, 0) is 36.6 Å². The monoisotopic (exact) mass is 226 g/mol. The van der Waals surface area contributed by atoms with Crippen molar-refractivity contribution in [2.24, 2.45) is 5.92 Å². The van der Waals surface area contributed by atoms with Gasteiger partial charge in [0.05, 0.1) is 5.57 Å². The van der Waals surface area contributed by atoms with Crippen molar-refractivity contribution in [1.82, 2.24) is 4.98 Å². The molecule has 86 valence electrons. The van der Waals surface area contributed by atoms with Crippen molar-refractivity contribution in [1.29, 1.82) is 5.26 Å². The second-order valence-electron chi connectivity index (χ2n) is 4.30. The third-order valence-electron chi connectivity index (χ3n) is 3.13. The highest BCUT2D eigenvalue weighted by atomic mass is 16.1. The molecule has 0 aliphatic heterocycles. The molecule has 1 aromatic rings. The predicted molar refractivity (Wildman–Crippen MR) is 64.8 cm³/mol. The molecule has 1 aliphatic carbocycles. The van der Waals surface area contributed by atoms with E-state index in [1.165, 1.54) is 0 Å². The summed E-state index contributed by atoms with van der Waals surface area (Å²) in [5, 5.41) is 9.06. The topological polar surface area (TPSA) is 53.8 Å². The molecular formula is C14H14N2O. The average Bonchev–Trinajstić information content (AvgIpc) is 2.90. The van der Waals surface area contributed by atoms with Gasteiger partial charge in [-0.25, -0.2) is 0 Å². The Kier molecular flexibility index (Phi) is 3.66. The fourth-order valence-electron chi connectivity index (χ4n) is 2.19. The van der Waals surface area contributed by atoms with Gasteiger partial charge in [-0.1, -0.05) is 12.8 Å². The molecule has 17 heavy (non-hydrogen) atoms. The van der Waals surface area contributed by atoms with Crippen LogP contribution in [0.2, 0.25) is 0 Å². The lowest BCUT2D eigenvalue weighted by Gasteiger charge is -2.05. The molecule has 1 aliphatic rings. The highest BCUT2D eigenvalue weighted by molar-refractivity contribution is 6.04. The minimum Gasteiger partial charge on any atom is -0.293 e. The molecule has 1 saturated carbocycles. The van der Waals surface area contributed by atoms with Crippen molar-refractivity contribution in [3.8, 4) is 6.07 Å². The van der Waals surface area contributed by atoms with E-state index in [1.807, 2.05) is 6.07 Å². The van der Waals surface area contributed by atoms with Gasteiger partial charge in [0.25, 0.3) is 0 Å². The number of ketones is 1. The number of Topliss-reactive ketones (excluding diaryl/α,β-unsaturated/α-hetero) is 1. The van der Waals surface area contributed by atoms with E-state index in [-0.39, 0.29) is 17.3 Å². The van der Waals surface area contributed by atoms with Gasteiger partial charge < -0.3 is 0 Å². The minimum atomic E-state index is 0.00168. The second-order valence-corrected chi connectivity index (χ2v) is 4.30. The zero-order valence-electron chi connectivity index (χ0n) is 9.60. The Labute approximate surface area is 101 Å². The van der Waals surface area contributed by atoms with Gasteiger partial charge in [-0.15, -0.1) is 0 Å². The van der Waals surface area contributed by atoms with Gasteiger partial charge in [0, 0.05) is 18.3 Å². The van der Waals surface area contributed by atoms with Crippen LogP contribution in [0.1, 0.15) is 31.2 Å². The molecule has 0 aromatic carbocycles. The molecule has 3 heteroatoms. The first-order valence-electron chi connectivity index (χ1n) is 5.87. The molecule has 1 aromatic heterocycles. The van der Waals surface area contributed by atoms with E-state index in [1.54, 1.807) is 30.6 Å². The zero-order chi connectivity index (χ0) is 12.1. The molecule has 0 N–H and O–H groups in total. The molecule has 0 spiro atoms. The van der Waals surface area contributed by atoms with Crippen LogP contribution >= 0.6 is 0 Å². The molecule has 1 heterocycles. The van der Waals surface area contributed by atoms with Gasteiger partial charge in [-0.3, -0.25) is 9.78 Å². The van der Waals surface area contributed by atoms with Crippen LogP contribution in [0.5, 0.6) is 0 Å². The Morgan fingerprint density at radius 3 is 2.59 bits per heavy atom. The number of rotatable bonds is 3. The molecule has 1 fully saturated rings. The Bertz CT molecular complexity index is 465. The fraction of sp³-hybridized carbons (Fsp3) is 0.357. The number of pyridine rings is 1. The summed E-state index contributed by atoms with van der Waals surface area (Å²) < 4.78 is 0. The Hall–Kier alpha value is -1.95. The molecule has 0 unspecified atom stereocenters. The molecule has 0 saturated heterocycles. The number of hydrogen-bond donors (Lipinski definition) is 0. The third kappa shape index (κ3) is 2.79. The number of allylic oxidation sites excluding steroid dienone is 1. The summed E-state index contributed by atoms with van der Waals surface area (Å²) in [6.45, 7) is 0. The summed E-state index contributed by atoms with van der Waals surface area (Å²) in [5.74, 6) is 0.0598. The van der Waals surface area contributed by atoms with Gasteiger partial charge in [0.15, 0.2) is 5.78 Å². The van der Waals surface area contributed by atoms with Crippen LogP contribution in [0.15, 0.2) is 30.1 Å². The summed E-state index contributed by atoms with van der Waals surface area (Å²) in [7, 11) is 0. The second kappa shape index (κ2) is 5.40. The number of carbonyl (C=O) groups excluding carboxylic acids is 1. The highest BCUT2D eigenvalue weighted by Crippen LogP contribution is 2.28. The first kappa shape index (κ1) is 11.5. The van der Waals surface area contributed by atoms with E-state index in [4.69, 9.17) is 5.26 Å². The number of carbonyl (C=O) groups is 1. The van der Waals surface area contributed by atoms with E-state index >= 15 is 0 Å². The van der Waals surface area contributed by atoms with Gasteiger partial charge in [-0.2, -0.15) is 5.26 Å². The summed E-state index contributed by atoms with van der Waals surface area (Å²) in [6.07, 6.45) is 9.02. The predicted octanol–water partition coefficient (Wildman–Crippen LogP) is 2.75. The van der Waals surface area contributed by atoms with Crippen molar-refractivity contribution in [2.45, 2.75) is 25.7 Å². The maximum absolute atomic E-state index is 12.1. The van der Waals surface area contributed by atoms with Crippen LogP contribution in [0, 0.1) is 17.2 Å². The summed E-state index contributed by atoms with van der Waals surface area (Å²) in [6, 6.07) is 5.60. The SMILES string of the molecule is N#C/C(=C\c1ccncc1)C(=O)C1CCCC1. The normalized spacial score (nSPS) is 16.8. The largest absolute Gasteiger partial charge is 0.293 e. The van der Waals surface area contributed by atoms with Crippen molar-refractivity contribution in [3.05, 3.63) is 35.7 Å². The first-order chi connectivity index (χ1) is 8.31. The van der Waals surface area contributed by atoms with Crippen LogP contribution in [0.3, 0.4) is 0 Å². The first-order valence-corrected chi connectivity index (χ1v) is 5.87. The maximum atomic E-state index is 12.1. The summed E-state index contributed by atoms with van der Waals surface area (Å²) >= 11 is 0. The molecule has 0 radical (unpaired) electrons. The van der Waals surface area contributed by atoms with Gasteiger partial charge in [0.2, 0.25) is 0 Å². The zero-order valence-corrected chi connectivity index (χ0v) is 9.60. The van der Waals surface area contributed by atoms with Crippen molar-refractivity contribution >= 4 is 11.9 Å². The number of nitrogens with zero attached hydrogens (tertiary/aromatic N) is 2. The quantitative estimate of drug-likeness (QED) is 0.588. The Morgan fingerprint density at radius 1 is 1.35 bits per heavy atom. The van der Waals surface area contributed by atoms with Crippen molar-refractivity contribution in [3.63, 3.8) is 0 Å². The highest BCUT2D eigenvalue weighted by Gasteiger charge is 2.25. The average molecular weight is 226 g/mol. The number of nitriles is 1. The van der Waals surface area contributed by atoms with Crippen molar-refractivity contribution < 1.29 is 4.79 Å². The fourth-order valence-corrected chi connectivity index (χ4v) is 2.19. The van der Waals surface area contributed by atoms with E-state index in [0.29, 0.717) is 0 Å². The lowest BCUT2D eigenvalue weighted by atomic mass is 9.95. The molecular weight excluding hydrogens is 212 g/mol. The van der Waals surface area contributed by atoms with Gasteiger partial charge in [0.1, 0.15) is 6.07 Å². The lowest BCUT2D eigenvalue weighted by molar-refractivity contribution is -0.118. The molecule has 0 bridgehead atoms. The smallest absolute Gasteiger partial charge is 0.176 e. The van der Waals surface area contributed by atoms with E-state index in [2.05, 4.69) is 4.98 Å². The molecule has 2 rings (SSSR count). The molecule has 0 atom stereocenters. The number of aromatic nitrogens is 1. The maximum Gasteiger partial charge on any atom is 0.176 e.